The van der Waals surface area contributed by atoms with Crippen molar-refractivity contribution >= 4 is 43.7 Å². The van der Waals surface area contributed by atoms with Gasteiger partial charge in [0, 0.05) is 78.8 Å². The lowest BCUT2D eigenvalue weighted by molar-refractivity contribution is -0.142. The zero-order valence-corrected chi connectivity index (χ0v) is 36.0. The van der Waals surface area contributed by atoms with Crippen molar-refractivity contribution in [2.75, 3.05) is 26.4 Å². The molecule has 1 saturated carbocycles. The van der Waals surface area contributed by atoms with E-state index in [4.69, 9.17) is 16.6 Å². The highest BCUT2D eigenvalue weighted by Gasteiger charge is 2.68. The molecule has 4 heterocycles. The van der Waals surface area contributed by atoms with E-state index in [1.165, 1.54) is 6.26 Å². The van der Waals surface area contributed by atoms with Crippen LogP contribution in [0.25, 0.3) is 22.0 Å². The molecule has 2 aliphatic carbocycles. The number of likely N-dealkylation sites (tertiary alicyclic amines) is 1. The highest BCUT2D eigenvalue weighted by molar-refractivity contribution is 7.98. The summed E-state index contributed by atoms with van der Waals surface area (Å²) >= 11 is 6.76. The Morgan fingerprint density at radius 2 is 1.74 bits per heavy atom. The summed E-state index contributed by atoms with van der Waals surface area (Å²) in [5.41, 5.74) is -1.12. The lowest BCUT2D eigenvalue weighted by atomic mass is 9.86. The molecule has 0 bridgehead atoms. The Hall–Kier alpha value is -4.76. The third kappa shape index (κ3) is 8.63. The Balaban J connectivity index is 1.26. The van der Waals surface area contributed by atoms with Crippen LogP contribution in [0.15, 0.2) is 42.5 Å². The van der Waals surface area contributed by atoms with Crippen molar-refractivity contribution in [1.29, 1.82) is 0 Å². The number of fused-ring (bicyclic) bond motifs is 4. The molecule has 3 aliphatic rings. The summed E-state index contributed by atoms with van der Waals surface area (Å²) in [4.78, 5) is 21.3. The number of aromatic nitrogens is 5. The Morgan fingerprint density at radius 3 is 2.39 bits per heavy atom. The number of ketones is 1. The van der Waals surface area contributed by atoms with Crippen LogP contribution in [0.4, 0.5) is 30.7 Å². The Bertz CT molecular complexity index is 2800. The maximum Gasteiger partial charge on any atom is 0.435 e. The molecule has 0 amide bonds. The summed E-state index contributed by atoms with van der Waals surface area (Å²) in [6.45, 7) is 4.59. The van der Waals surface area contributed by atoms with Gasteiger partial charge in [-0.1, -0.05) is 23.6 Å². The molecule has 0 radical (unpaired) electrons. The van der Waals surface area contributed by atoms with E-state index >= 15 is 8.78 Å². The molecule has 1 N–H and O–H groups in total. The van der Waals surface area contributed by atoms with Gasteiger partial charge in [0.1, 0.15) is 29.6 Å². The number of halogens is 8. The second-order valence-electron chi connectivity index (χ2n) is 17.5. The molecule has 5 aromatic rings. The molecular formula is C44H43ClF7N7O2S. The van der Waals surface area contributed by atoms with E-state index in [1.54, 1.807) is 36.0 Å². The smallest absolute Gasteiger partial charge is 0.303 e. The maximum absolute atomic E-state index is 15.5. The number of carbonyl (C=O) groups excluding carboxylic acids is 1. The molecule has 4 atom stereocenters. The number of aryl methyl sites for hydroxylation is 1. The van der Waals surface area contributed by atoms with Crippen LogP contribution < -0.4 is 5.32 Å². The van der Waals surface area contributed by atoms with Crippen molar-refractivity contribution in [3.63, 3.8) is 0 Å². The van der Waals surface area contributed by atoms with Crippen LogP contribution in [0.1, 0.15) is 78.1 Å². The predicted molar refractivity (Wildman–Crippen MR) is 224 cm³/mol. The van der Waals surface area contributed by atoms with Crippen molar-refractivity contribution in [3.05, 3.63) is 98.7 Å². The minimum atomic E-state index is -5.04. The Labute approximate surface area is 359 Å². The minimum Gasteiger partial charge on any atom is -0.303 e. The molecule has 1 saturated heterocycles. The van der Waals surface area contributed by atoms with Gasteiger partial charge in [-0.15, -0.1) is 0 Å². The number of benzene rings is 2. The number of rotatable bonds is 12. The molecule has 1 aliphatic heterocycles. The van der Waals surface area contributed by atoms with Crippen molar-refractivity contribution in [1.82, 2.24) is 34.8 Å². The first-order valence-corrected chi connectivity index (χ1v) is 22.5. The Kier molecular flexibility index (Phi) is 11.0. The highest BCUT2D eigenvalue weighted by Crippen LogP contribution is 2.68. The molecule has 328 valence electrons. The van der Waals surface area contributed by atoms with Gasteiger partial charge in [0.2, 0.25) is 0 Å². The van der Waals surface area contributed by atoms with Crippen LogP contribution in [0.3, 0.4) is 0 Å². The second kappa shape index (κ2) is 15.5. The number of pyridine rings is 1. The molecule has 1 unspecified atom stereocenters. The molecule has 2 aromatic carbocycles. The molecule has 18 heteroatoms. The quantitative estimate of drug-likeness (QED) is 0.0775. The molecule has 3 aromatic heterocycles. The van der Waals surface area contributed by atoms with Crippen molar-refractivity contribution in [3.8, 4) is 23.0 Å². The zero-order valence-electron chi connectivity index (χ0n) is 34.4. The van der Waals surface area contributed by atoms with Gasteiger partial charge in [0.15, 0.2) is 11.5 Å². The SMILES string of the molecule is C=S(C)(=O)Cc1nn(C)c2c(-c3ccc(C#CC(C)(C)NC4CN(C)C4)nc3[C@@H](CC(=O)Cn3nc(C(F)(F)F)c4c3C(F)(F)[C@@H]3C[C@H]43)Cc3cc(F)cc(F)c3)ccc(Cl)c12. The summed E-state index contributed by atoms with van der Waals surface area (Å²) in [5, 5.41) is 12.5. The first kappa shape index (κ1) is 43.9. The van der Waals surface area contributed by atoms with E-state index in [0.717, 1.165) is 25.2 Å². The van der Waals surface area contributed by atoms with Crippen LogP contribution >= 0.6 is 11.6 Å². The normalized spacial score (nSPS) is 20.0. The fraction of sp³-hybridized carbons (Fsp3) is 0.432. The van der Waals surface area contributed by atoms with Crippen LogP contribution in [-0.4, -0.2) is 83.3 Å². The standard InChI is InChI=1S/C44H43ClF7N7O2S/c1-42(2,54-28-19-57(3)20-28)12-11-27-7-8-30(31-9-10-34(45)37-35(22-62(5,6)61)55-58(4)39(31)37)38(53-27)24(13-23-14-25(46)17-26(47)15-23)16-29(60)21-59-41-36(40(56-59)44(50,51)52)32-18-33(32)43(41,48)49/h7-10,14-15,17,24,28,32-33,54H,5,13,16,18-22H2,1-4,6H3/t24-,32+,33-,62?/m1/s1. The van der Waals surface area contributed by atoms with Gasteiger partial charge in [0.25, 0.3) is 5.92 Å². The number of carbonyl (C=O) groups is 1. The lowest BCUT2D eigenvalue weighted by Crippen LogP contribution is -2.61. The minimum absolute atomic E-state index is 0.00407. The van der Waals surface area contributed by atoms with E-state index in [9.17, 15) is 31.0 Å². The summed E-state index contributed by atoms with van der Waals surface area (Å²) in [6.07, 6.45) is -4.38. The van der Waals surface area contributed by atoms with Crippen LogP contribution in [0.5, 0.6) is 0 Å². The van der Waals surface area contributed by atoms with Gasteiger partial charge in [0.05, 0.1) is 33.2 Å². The number of likely N-dealkylation sites (N-methyl/N-ethyl adjacent to an activating group) is 1. The molecule has 0 spiro atoms. The van der Waals surface area contributed by atoms with E-state index in [-0.39, 0.29) is 41.6 Å². The molecular weight excluding hydrogens is 859 g/mol. The molecule has 62 heavy (non-hydrogen) atoms. The van der Waals surface area contributed by atoms with Gasteiger partial charge in [-0.05, 0) is 96.9 Å². The average molecular weight is 902 g/mol. The van der Waals surface area contributed by atoms with Gasteiger partial charge in [-0.3, -0.25) is 23.7 Å². The largest absolute Gasteiger partial charge is 0.435 e. The van der Waals surface area contributed by atoms with E-state index in [2.05, 4.69) is 38.1 Å². The summed E-state index contributed by atoms with van der Waals surface area (Å²) < 4.78 is 118. The van der Waals surface area contributed by atoms with Crippen LogP contribution in [0, 0.1) is 29.4 Å². The number of hydrogen-bond donors (Lipinski definition) is 1. The molecule has 2 fully saturated rings. The van der Waals surface area contributed by atoms with Crippen LogP contribution in [-0.2, 0) is 52.2 Å². The monoisotopic (exact) mass is 901 g/mol. The third-order valence-corrected chi connectivity index (χ3v) is 12.8. The highest BCUT2D eigenvalue weighted by atomic mass is 35.5. The van der Waals surface area contributed by atoms with Crippen molar-refractivity contribution < 1.29 is 39.7 Å². The zero-order chi connectivity index (χ0) is 44.8. The first-order chi connectivity index (χ1) is 28.9. The van der Waals surface area contributed by atoms with E-state index < -0.39 is 92.2 Å². The average Bonchev–Trinajstić information content (AvgIpc) is 3.67. The number of hydrogen-bond acceptors (Lipinski definition) is 7. The summed E-state index contributed by atoms with van der Waals surface area (Å²) in [6, 6.07) is 9.81. The number of nitrogens with zero attached hydrogens (tertiary/aromatic N) is 6. The topological polar surface area (TPSA) is 97.9 Å². The molecule has 9 nitrogen and oxygen atoms in total. The fourth-order valence-electron chi connectivity index (χ4n) is 9.08. The van der Waals surface area contributed by atoms with E-state index in [0.29, 0.717) is 43.5 Å². The number of Topliss-reactive ketones (excluding diaryl/α,β-unsaturated/α-hetero) is 1. The summed E-state index contributed by atoms with van der Waals surface area (Å²) in [7, 11) is 1.09. The first-order valence-electron chi connectivity index (χ1n) is 19.9. The molecule has 8 rings (SSSR count). The van der Waals surface area contributed by atoms with Crippen molar-refractivity contribution in [2.45, 2.75) is 80.9 Å². The van der Waals surface area contributed by atoms with Crippen molar-refractivity contribution in [2.24, 2.45) is 13.0 Å². The fourth-order valence-corrected chi connectivity index (χ4v) is 10.1. The second-order valence-corrected chi connectivity index (χ2v) is 20.6. The lowest BCUT2D eigenvalue weighted by Gasteiger charge is -2.40. The van der Waals surface area contributed by atoms with Gasteiger partial charge in [-0.25, -0.2) is 13.8 Å². The Morgan fingerprint density at radius 1 is 1.06 bits per heavy atom. The number of nitrogens with one attached hydrogen (secondary N) is 1. The van der Waals surface area contributed by atoms with Crippen LogP contribution in [0.2, 0.25) is 5.02 Å². The number of alkyl halides is 5. The summed E-state index contributed by atoms with van der Waals surface area (Å²) in [5.74, 6) is 0.574. The third-order valence-electron chi connectivity index (χ3n) is 11.6. The van der Waals surface area contributed by atoms with E-state index in [1.807, 2.05) is 20.9 Å². The van der Waals surface area contributed by atoms with Gasteiger partial charge >= 0.3 is 6.18 Å². The van der Waals surface area contributed by atoms with Gasteiger partial charge in [-0.2, -0.15) is 32.1 Å². The van der Waals surface area contributed by atoms with Gasteiger partial charge < -0.3 is 4.90 Å². The predicted octanol–water partition coefficient (Wildman–Crippen LogP) is 7.86. The maximum atomic E-state index is 15.5.